The van der Waals surface area contributed by atoms with Gasteiger partial charge in [-0.15, -0.1) is 15.6 Å². The molecule has 2 amide bonds. The summed E-state index contributed by atoms with van der Waals surface area (Å²) in [5.41, 5.74) is 3.10. The number of nitrogen functional groups attached to an aromatic ring is 1. The molecule has 0 bridgehead atoms. The summed E-state index contributed by atoms with van der Waals surface area (Å²) in [6.45, 7) is 4.99. The maximum Gasteiger partial charge on any atom is 0.418 e. The molecule has 2 aromatic rings. The molecule has 0 spiro atoms. The average Bonchev–Trinajstić information content (AvgIpc) is 3.51. The smallest absolute Gasteiger partial charge is 0.418 e. The molecule has 0 radical (unpaired) electrons. The Morgan fingerprint density at radius 3 is 2.53 bits per heavy atom. The van der Waals surface area contributed by atoms with Gasteiger partial charge in [0.05, 0.1) is 5.54 Å². The Balaban J connectivity index is 1.29. The molecule has 5 rings (SSSR count). The summed E-state index contributed by atoms with van der Waals surface area (Å²) in [4.78, 5) is 48.5. The zero-order valence-corrected chi connectivity index (χ0v) is 30.1. The fourth-order valence-corrected chi connectivity index (χ4v) is 7.42. The molecular weight excluding hydrogens is 709 g/mol. The third kappa shape index (κ3) is 8.25. The molecule has 2 aliphatic heterocycles. The summed E-state index contributed by atoms with van der Waals surface area (Å²) < 4.78 is 41.8. The number of aliphatic carboxylic acids is 1. The minimum Gasteiger partial charge on any atom is -0.485 e. The predicted octanol–water partition coefficient (Wildman–Crippen LogP) is 1.22. The highest BCUT2D eigenvalue weighted by Gasteiger charge is 2.58. The average molecular weight is 751 g/mol. The standard InChI is InChI=1S/C31H42N8O10S2/c1-30(2)24(27(41)39(30)49-51(44,45)46)37-26(40)23(20-15-50-29(33)36-20)38-48-31(3,28(42)43)22-12-8-17-13-18(7-11-21(17)47-22)25(32)35-19-9-5-16(6-10-19)14-34-4/h7,11,13,15-16,19,22,24,34H,5-6,8-10,12,14H2,1-4H3,(H2,32,35)(H2,33,36)(H,37,40)(H,42,43)(H,44,45,46)/b38-23-/t16-,19+,22-,24-,31+/m1/s1. The third-order valence-electron chi connectivity index (χ3n) is 9.45. The topological polar surface area (TPSA) is 268 Å². The van der Waals surface area contributed by atoms with Gasteiger partial charge in [-0.25, -0.2) is 9.78 Å². The number of carbonyl (C=O) groups is 3. The highest BCUT2D eigenvalue weighted by Crippen LogP contribution is 2.36. The number of carbonyl (C=O) groups excluding carboxylic acids is 2. The number of oxime groups is 1. The van der Waals surface area contributed by atoms with Crippen LogP contribution in [0.5, 0.6) is 5.75 Å². The number of carboxylic acids is 1. The number of β-lactam (4-membered cyclic amide) rings is 1. The van der Waals surface area contributed by atoms with Crippen LogP contribution in [0.3, 0.4) is 0 Å². The zero-order valence-electron chi connectivity index (χ0n) is 28.5. The van der Waals surface area contributed by atoms with Gasteiger partial charge in [0.25, 0.3) is 17.4 Å². The Bertz CT molecular complexity index is 1830. The molecule has 278 valence electrons. The molecule has 1 aromatic carbocycles. The number of hydrogen-bond donors (Lipinski definition) is 7. The van der Waals surface area contributed by atoms with Crippen molar-refractivity contribution in [2.75, 3.05) is 19.3 Å². The Morgan fingerprint density at radius 1 is 1.24 bits per heavy atom. The molecule has 1 saturated carbocycles. The minimum atomic E-state index is -5.03. The van der Waals surface area contributed by atoms with Crippen molar-refractivity contribution in [3.05, 3.63) is 40.4 Å². The van der Waals surface area contributed by atoms with Crippen molar-refractivity contribution < 1.29 is 46.3 Å². The van der Waals surface area contributed by atoms with Crippen molar-refractivity contribution in [3.63, 3.8) is 0 Å². The first-order valence-corrected chi connectivity index (χ1v) is 18.5. The summed E-state index contributed by atoms with van der Waals surface area (Å²) >= 11 is 0.968. The SMILES string of the molecule is CNC[C@H]1CC[C@@H](NC(=N)c2ccc3c(c2)CC[C@H]([C@](C)(O/N=C(\C(=O)N[C@@H]2C(=O)N(OS(=O)(=O)O)C2(C)C)c2csc(N)n2)C(=O)O)O3)CC1. The van der Waals surface area contributed by atoms with Crippen molar-refractivity contribution in [2.45, 2.75) is 88.6 Å². The first-order chi connectivity index (χ1) is 23.9. The van der Waals surface area contributed by atoms with E-state index in [9.17, 15) is 27.9 Å². The van der Waals surface area contributed by atoms with Gasteiger partial charge in [-0.3, -0.25) is 19.6 Å². The summed E-state index contributed by atoms with van der Waals surface area (Å²) in [5.74, 6) is -2.07. The fraction of sp³-hybridized carbons (Fsp3) is 0.548. The van der Waals surface area contributed by atoms with E-state index in [1.54, 1.807) is 12.1 Å². The van der Waals surface area contributed by atoms with E-state index in [4.69, 9.17) is 25.3 Å². The number of carboxylic acid groups (broad SMARTS) is 1. The highest BCUT2D eigenvalue weighted by molar-refractivity contribution is 7.80. The summed E-state index contributed by atoms with van der Waals surface area (Å²) in [6.07, 6.45) is 3.70. The van der Waals surface area contributed by atoms with Gasteiger partial charge in [-0.2, -0.15) is 13.5 Å². The van der Waals surface area contributed by atoms with Crippen LogP contribution < -0.4 is 26.4 Å². The number of nitrogens with one attached hydrogen (secondary N) is 4. The number of amides is 2. The van der Waals surface area contributed by atoms with Crippen molar-refractivity contribution >= 4 is 56.2 Å². The van der Waals surface area contributed by atoms with Gasteiger partial charge in [0.15, 0.2) is 16.9 Å². The summed E-state index contributed by atoms with van der Waals surface area (Å²) in [7, 11) is -3.07. The van der Waals surface area contributed by atoms with E-state index in [2.05, 4.69) is 30.4 Å². The first kappa shape index (κ1) is 37.9. The Labute approximate surface area is 298 Å². The lowest BCUT2D eigenvalue weighted by molar-refractivity contribution is -0.218. The normalized spacial score (nSPS) is 24.3. The van der Waals surface area contributed by atoms with E-state index < -0.39 is 57.2 Å². The number of amidine groups is 1. The molecule has 1 aliphatic carbocycles. The number of hydroxylamine groups is 2. The summed E-state index contributed by atoms with van der Waals surface area (Å²) in [6, 6.07) is 4.16. The van der Waals surface area contributed by atoms with Crippen LogP contribution in [-0.4, -0.2) is 100 Å². The molecule has 2 fully saturated rings. The predicted molar refractivity (Wildman–Crippen MR) is 184 cm³/mol. The Morgan fingerprint density at radius 2 is 1.94 bits per heavy atom. The second kappa shape index (κ2) is 14.7. The monoisotopic (exact) mass is 750 g/mol. The van der Waals surface area contributed by atoms with Crippen molar-refractivity contribution in [2.24, 2.45) is 11.1 Å². The summed E-state index contributed by atoms with van der Waals surface area (Å²) in [5, 5.41) is 33.7. The minimum absolute atomic E-state index is 0.0612. The van der Waals surface area contributed by atoms with Crippen molar-refractivity contribution in [1.82, 2.24) is 26.0 Å². The van der Waals surface area contributed by atoms with Crippen LogP contribution >= 0.6 is 11.3 Å². The number of aromatic nitrogens is 1. The lowest BCUT2D eigenvalue weighted by Gasteiger charge is -2.50. The lowest BCUT2D eigenvalue weighted by Crippen LogP contribution is -2.76. The van der Waals surface area contributed by atoms with E-state index in [-0.39, 0.29) is 23.3 Å². The van der Waals surface area contributed by atoms with E-state index in [1.807, 2.05) is 13.1 Å². The maximum absolute atomic E-state index is 13.5. The van der Waals surface area contributed by atoms with E-state index in [0.29, 0.717) is 34.6 Å². The Hall–Kier alpha value is -4.37. The molecule has 18 nitrogen and oxygen atoms in total. The van der Waals surface area contributed by atoms with Crippen LogP contribution in [0.4, 0.5) is 5.13 Å². The van der Waals surface area contributed by atoms with Crippen LogP contribution in [0.1, 0.15) is 69.7 Å². The molecule has 3 heterocycles. The second-order valence-electron chi connectivity index (χ2n) is 13.5. The second-order valence-corrected chi connectivity index (χ2v) is 15.4. The van der Waals surface area contributed by atoms with Crippen LogP contribution in [-0.2, 0) is 40.3 Å². The Kier molecular flexibility index (Phi) is 10.9. The van der Waals surface area contributed by atoms with Crippen LogP contribution in [0.2, 0.25) is 0 Å². The number of thiazole rings is 1. The van der Waals surface area contributed by atoms with Crippen LogP contribution in [0.15, 0.2) is 28.7 Å². The quantitative estimate of drug-likeness (QED) is 0.0499. The number of nitrogens with zero attached hydrogens (tertiary/aromatic N) is 3. The van der Waals surface area contributed by atoms with Crippen molar-refractivity contribution in [1.29, 1.82) is 5.41 Å². The van der Waals surface area contributed by atoms with Crippen LogP contribution in [0.25, 0.3) is 0 Å². The number of nitrogens with two attached hydrogens (primary N) is 1. The van der Waals surface area contributed by atoms with Gasteiger partial charge >= 0.3 is 16.4 Å². The molecule has 8 N–H and O–H groups in total. The van der Waals surface area contributed by atoms with E-state index in [0.717, 1.165) is 49.1 Å². The van der Waals surface area contributed by atoms with Crippen molar-refractivity contribution in [3.8, 4) is 5.75 Å². The number of rotatable bonds is 13. The maximum atomic E-state index is 13.5. The van der Waals surface area contributed by atoms with Gasteiger partial charge in [-0.1, -0.05) is 5.16 Å². The lowest BCUT2D eigenvalue weighted by atomic mass is 9.84. The molecule has 51 heavy (non-hydrogen) atoms. The van der Waals surface area contributed by atoms with Gasteiger partial charge in [0, 0.05) is 17.0 Å². The highest BCUT2D eigenvalue weighted by atomic mass is 32.3. The first-order valence-electron chi connectivity index (χ1n) is 16.3. The molecular formula is C31H42N8O10S2. The van der Waals surface area contributed by atoms with Crippen LogP contribution in [0, 0.1) is 11.3 Å². The third-order valence-corrected chi connectivity index (χ3v) is 10.5. The number of benzene rings is 1. The molecule has 3 atom stereocenters. The van der Waals surface area contributed by atoms with Gasteiger partial charge in [0.1, 0.15) is 23.3 Å². The van der Waals surface area contributed by atoms with Gasteiger partial charge in [-0.05, 0) is 103 Å². The van der Waals surface area contributed by atoms with Gasteiger partial charge < -0.3 is 36.4 Å². The molecule has 1 saturated heterocycles. The number of fused-ring (bicyclic) bond motifs is 1. The number of aryl methyl sites for hydroxylation is 1. The molecule has 20 heteroatoms. The van der Waals surface area contributed by atoms with E-state index in [1.165, 1.54) is 26.2 Å². The number of hydrogen-bond acceptors (Lipinski definition) is 14. The molecule has 3 aliphatic rings. The largest absolute Gasteiger partial charge is 0.485 e. The molecule has 1 aromatic heterocycles. The number of anilines is 1. The zero-order chi connectivity index (χ0) is 37.3. The van der Waals surface area contributed by atoms with E-state index >= 15 is 0 Å². The molecule has 0 unspecified atom stereocenters. The number of ether oxygens (including phenoxy) is 1. The van der Waals surface area contributed by atoms with Gasteiger partial charge in [0.2, 0.25) is 0 Å². The fourth-order valence-electron chi connectivity index (χ4n) is 6.42.